The summed E-state index contributed by atoms with van der Waals surface area (Å²) in [6, 6.07) is 14.3. The van der Waals surface area contributed by atoms with Crippen molar-refractivity contribution in [1.82, 2.24) is 5.32 Å². The smallest absolute Gasteiger partial charge is 0.352 e. The van der Waals surface area contributed by atoms with Crippen LogP contribution >= 0.6 is 15.9 Å². The fourth-order valence-corrected chi connectivity index (χ4v) is 2.46. The van der Waals surface area contributed by atoms with Gasteiger partial charge in [0.05, 0.1) is 0 Å². The Morgan fingerprint density at radius 3 is 2.04 bits per heavy atom. The molecule has 25 heavy (non-hydrogen) atoms. The van der Waals surface area contributed by atoms with Crippen LogP contribution in [-0.2, 0) is 10.2 Å². The fourth-order valence-electron chi connectivity index (χ4n) is 2.19. The predicted molar refractivity (Wildman–Crippen MR) is 102 cm³/mol. The summed E-state index contributed by atoms with van der Waals surface area (Å²) >= 11 is 3.32. The van der Waals surface area contributed by atoms with Crippen LogP contribution in [0.1, 0.15) is 42.3 Å². The molecule has 0 unspecified atom stereocenters. The minimum absolute atomic E-state index is 0.0112. The SMILES string of the molecule is CC(C)(C)c1ccc(C(=O)NC(=Cc2ccc(Br)cc2)C(=O)O)cc1. The highest BCUT2D eigenvalue weighted by Gasteiger charge is 2.16. The van der Waals surface area contributed by atoms with Gasteiger partial charge in [-0.2, -0.15) is 0 Å². The Morgan fingerprint density at radius 1 is 1.00 bits per heavy atom. The average Bonchev–Trinajstić information content (AvgIpc) is 2.55. The second-order valence-corrected chi connectivity index (χ2v) is 7.61. The van der Waals surface area contributed by atoms with Crippen molar-refractivity contribution in [3.05, 3.63) is 75.4 Å². The molecule has 0 aliphatic heterocycles. The Morgan fingerprint density at radius 2 is 1.56 bits per heavy atom. The lowest BCUT2D eigenvalue weighted by atomic mass is 9.87. The monoisotopic (exact) mass is 401 g/mol. The molecule has 2 aromatic rings. The standard InChI is InChI=1S/C20H20BrNO3/c1-20(2,3)15-8-6-14(7-9-15)18(23)22-17(19(24)25)12-13-4-10-16(21)11-5-13/h4-12H,1-3H3,(H,22,23)(H,24,25). The average molecular weight is 402 g/mol. The second kappa shape index (κ2) is 7.66. The highest BCUT2D eigenvalue weighted by molar-refractivity contribution is 9.10. The fraction of sp³-hybridized carbons (Fsp3) is 0.200. The van der Waals surface area contributed by atoms with Gasteiger partial charge in [0.1, 0.15) is 5.70 Å². The Bertz CT molecular complexity index is 800. The van der Waals surface area contributed by atoms with E-state index in [1.165, 1.54) is 6.08 Å². The molecule has 0 aromatic heterocycles. The van der Waals surface area contributed by atoms with Gasteiger partial charge in [-0.25, -0.2) is 4.79 Å². The molecule has 2 N–H and O–H groups in total. The molecule has 0 fully saturated rings. The molecule has 0 saturated carbocycles. The van der Waals surface area contributed by atoms with Gasteiger partial charge in [-0.05, 0) is 46.9 Å². The molecule has 0 radical (unpaired) electrons. The molecule has 130 valence electrons. The number of amides is 1. The van der Waals surface area contributed by atoms with Crippen molar-refractivity contribution in [1.29, 1.82) is 0 Å². The van der Waals surface area contributed by atoms with E-state index in [1.807, 2.05) is 12.1 Å². The van der Waals surface area contributed by atoms with E-state index in [0.717, 1.165) is 10.0 Å². The van der Waals surface area contributed by atoms with E-state index in [9.17, 15) is 14.7 Å². The number of nitrogens with one attached hydrogen (secondary N) is 1. The summed E-state index contributed by atoms with van der Waals surface area (Å²) in [5.74, 6) is -1.64. The van der Waals surface area contributed by atoms with Crippen molar-refractivity contribution >= 4 is 33.9 Å². The first-order valence-corrected chi connectivity index (χ1v) is 8.58. The van der Waals surface area contributed by atoms with Gasteiger partial charge in [0.15, 0.2) is 0 Å². The summed E-state index contributed by atoms with van der Waals surface area (Å²) in [7, 11) is 0. The lowest BCUT2D eigenvalue weighted by molar-refractivity contribution is -0.132. The van der Waals surface area contributed by atoms with E-state index < -0.39 is 11.9 Å². The van der Waals surface area contributed by atoms with E-state index in [1.54, 1.807) is 36.4 Å². The normalized spacial score (nSPS) is 11.9. The van der Waals surface area contributed by atoms with Crippen LogP contribution < -0.4 is 5.32 Å². The zero-order valence-corrected chi connectivity index (χ0v) is 15.9. The van der Waals surface area contributed by atoms with Gasteiger partial charge in [-0.15, -0.1) is 0 Å². The van der Waals surface area contributed by atoms with Gasteiger partial charge >= 0.3 is 5.97 Å². The molecule has 0 aliphatic carbocycles. The van der Waals surface area contributed by atoms with Gasteiger partial charge in [0.25, 0.3) is 5.91 Å². The molecular weight excluding hydrogens is 382 g/mol. The first-order chi connectivity index (χ1) is 11.7. The first kappa shape index (κ1) is 18.9. The third-order valence-electron chi connectivity index (χ3n) is 3.67. The second-order valence-electron chi connectivity index (χ2n) is 6.70. The lowest BCUT2D eigenvalue weighted by Gasteiger charge is -2.19. The lowest BCUT2D eigenvalue weighted by Crippen LogP contribution is -2.27. The number of hydrogen-bond donors (Lipinski definition) is 2. The van der Waals surface area contributed by atoms with E-state index in [2.05, 4.69) is 42.0 Å². The third-order valence-corrected chi connectivity index (χ3v) is 4.20. The van der Waals surface area contributed by atoms with Crippen LogP contribution in [0.4, 0.5) is 0 Å². The molecule has 5 heteroatoms. The summed E-state index contributed by atoms with van der Waals surface area (Å²) in [6.45, 7) is 6.27. The van der Waals surface area contributed by atoms with Crippen LogP contribution in [0.3, 0.4) is 0 Å². The molecule has 0 bridgehead atoms. The number of aliphatic carboxylic acids is 1. The predicted octanol–water partition coefficient (Wildman–Crippen LogP) is 4.60. The molecular formula is C20H20BrNO3. The van der Waals surface area contributed by atoms with E-state index >= 15 is 0 Å². The number of hydrogen-bond acceptors (Lipinski definition) is 2. The highest BCUT2D eigenvalue weighted by atomic mass is 79.9. The van der Waals surface area contributed by atoms with Gasteiger partial charge in [0, 0.05) is 10.0 Å². The highest BCUT2D eigenvalue weighted by Crippen LogP contribution is 2.22. The third kappa shape index (κ3) is 5.29. The zero-order valence-electron chi connectivity index (χ0n) is 14.3. The van der Waals surface area contributed by atoms with Crippen molar-refractivity contribution in [3.63, 3.8) is 0 Å². The largest absolute Gasteiger partial charge is 0.477 e. The molecule has 2 rings (SSSR count). The van der Waals surface area contributed by atoms with Crippen LogP contribution in [0.5, 0.6) is 0 Å². The van der Waals surface area contributed by atoms with Gasteiger partial charge in [-0.1, -0.05) is 61.0 Å². The molecule has 0 atom stereocenters. The van der Waals surface area contributed by atoms with E-state index in [4.69, 9.17) is 0 Å². The maximum absolute atomic E-state index is 12.3. The van der Waals surface area contributed by atoms with E-state index in [0.29, 0.717) is 11.1 Å². The molecule has 2 aromatic carbocycles. The summed E-state index contributed by atoms with van der Waals surface area (Å²) in [5, 5.41) is 11.8. The first-order valence-electron chi connectivity index (χ1n) is 7.79. The summed E-state index contributed by atoms with van der Waals surface area (Å²) < 4.78 is 0.893. The van der Waals surface area contributed by atoms with Gasteiger partial charge in [0.2, 0.25) is 0 Å². The van der Waals surface area contributed by atoms with Crippen molar-refractivity contribution < 1.29 is 14.7 Å². The molecule has 4 nitrogen and oxygen atoms in total. The van der Waals surface area contributed by atoms with Crippen molar-refractivity contribution in [2.24, 2.45) is 0 Å². The topological polar surface area (TPSA) is 66.4 Å². The van der Waals surface area contributed by atoms with Crippen LogP contribution in [0.25, 0.3) is 6.08 Å². The Labute approximate surface area is 155 Å². The van der Waals surface area contributed by atoms with Gasteiger partial charge < -0.3 is 10.4 Å². The molecule has 0 saturated heterocycles. The zero-order chi connectivity index (χ0) is 18.6. The Hall–Kier alpha value is -2.40. The molecule has 0 heterocycles. The molecule has 0 spiro atoms. The van der Waals surface area contributed by atoms with Crippen LogP contribution in [-0.4, -0.2) is 17.0 Å². The summed E-state index contributed by atoms with van der Waals surface area (Å²) in [6.07, 6.45) is 1.43. The number of carboxylic acids is 1. The molecule has 1 amide bonds. The van der Waals surface area contributed by atoms with Crippen molar-refractivity contribution in [2.75, 3.05) is 0 Å². The minimum atomic E-state index is -1.19. The van der Waals surface area contributed by atoms with Crippen LogP contribution in [0, 0.1) is 0 Å². The van der Waals surface area contributed by atoms with Crippen molar-refractivity contribution in [3.8, 4) is 0 Å². The summed E-state index contributed by atoms with van der Waals surface area (Å²) in [4.78, 5) is 23.8. The van der Waals surface area contributed by atoms with Gasteiger partial charge in [-0.3, -0.25) is 4.79 Å². The maximum atomic E-state index is 12.3. The van der Waals surface area contributed by atoms with Crippen molar-refractivity contribution in [2.45, 2.75) is 26.2 Å². The summed E-state index contributed by atoms with van der Waals surface area (Å²) in [5.41, 5.74) is 2.02. The quantitative estimate of drug-likeness (QED) is 0.735. The number of carbonyl (C=O) groups is 2. The van der Waals surface area contributed by atoms with E-state index in [-0.39, 0.29) is 11.1 Å². The molecule has 0 aliphatic rings. The number of benzene rings is 2. The number of halogens is 1. The van der Waals surface area contributed by atoms with Crippen LogP contribution in [0.15, 0.2) is 58.7 Å². The maximum Gasteiger partial charge on any atom is 0.352 e. The number of rotatable bonds is 4. The minimum Gasteiger partial charge on any atom is -0.477 e. The van der Waals surface area contributed by atoms with Crippen LogP contribution in [0.2, 0.25) is 0 Å². The Kier molecular flexibility index (Phi) is 5.80. The number of carbonyl (C=O) groups excluding carboxylic acids is 1. The number of carboxylic acid groups (broad SMARTS) is 1. The Balaban J connectivity index is 2.20.